The molecule has 1 atom stereocenters. The van der Waals surface area contributed by atoms with E-state index in [9.17, 15) is 0 Å². The van der Waals surface area contributed by atoms with E-state index in [0.717, 1.165) is 19.1 Å². The van der Waals surface area contributed by atoms with Crippen molar-refractivity contribution in [2.75, 3.05) is 13.2 Å². The van der Waals surface area contributed by atoms with E-state index in [1.54, 1.807) is 11.1 Å². The number of ether oxygens (including phenoxy) is 1. The minimum absolute atomic E-state index is 0.891. The third-order valence-corrected chi connectivity index (χ3v) is 4.16. The minimum Gasteiger partial charge on any atom is -0.377 e. The van der Waals surface area contributed by atoms with Gasteiger partial charge in [-0.2, -0.15) is 0 Å². The van der Waals surface area contributed by atoms with Crippen LogP contribution in [0.1, 0.15) is 64.7 Å². The molecule has 1 unspecified atom stereocenters. The average Bonchev–Trinajstić information content (AvgIpc) is 2.41. The van der Waals surface area contributed by atoms with Gasteiger partial charge in [-0.1, -0.05) is 38.2 Å². The fraction of sp³-hybridized carbons (Fsp3) is 0.867. The lowest BCUT2D eigenvalue weighted by Gasteiger charge is -2.27. The Morgan fingerprint density at radius 3 is 2.88 bits per heavy atom. The van der Waals surface area contributed by atoms with Gasteiger partial charge in [0.25, 0.3) is 0 Å². The summed E-state index contributed by atoms with van der Waals surface area (Å²) in [5.74, 6) is 0.891. The van der Waals surface area contributed by atoms with Crippen LogP contribution < -0.4 is 0 Å². The predicted molar refractivity (Wildman–Crippen MR) is 68.6 cm³/mol. The number of hydrogen-bond acceptors (Lipinski definition) is 1. The Labute approximate surface area is 100 Å². The van der Waals surface area contributed by atoms with Crippen molar-refractivity contribution in [1.29, 1.82) is 0 Å². The molecule has 0 saturated heterocycles. The summed E-state index contributed by atoms with van der Waals surface area (Å²) in [4.78, 5) is 0. The molecular weight excluding hydrogens is 196 g/mol. The Balaban J connectivity index is 2.12. The van der Waals surface area contributed by atoms with Gasteiger partial charge in [-0.15, -0.1) is 0 Å². The lowest BCUT2D eigenvalue weighted by Crippen LogP contribution is -2.17. The van der Waals surface area contributed by atoms with Crippen LogP contribution in [0.5, 0.6) is 0 Å². The Morgan fingerprint density at radius 1 is 1.12 bits per heavy atom. The molecule has 0 aromatic heterocycles. The van der Waals surface area contributed by atoms with Crippen LogP contribution in [0, 0.1) is 5.92 Å². The third-order valence-electron chi connectivity index (χ3n) is 4.16. The van der Waals surface area contributed by atoms with Crippen molar-refractivity contribution in [1.82, 2.24) is 0 Å². The van der Waals surface area contributed by atoms with Crippen molar-refractivity contribution in [3.8, 4) is 0 Å². The lowest BCUT2D eigenvalue weighted by atomic mass is 9.84. The number of hydrogen-bond donors (Lipinski definition) is 0. The minimum atomic E-state index is 0.891. The molecule has 0 aromatic carbocycles. The van der Waals surface area contributed by atoms with Gasteiger partial charge in [0.2, 0.25) is 0 Å². The van der Waals surface area contributed by atoms with E-state index in [4.69, 9.17) is 4.74 Å². The van der Waals surface area contributed by atoms with Gasteiger partial charge >= 0.3 is 0 Å². The van der Waals surface area contributed by atoms with E-state index in [1.165, 1.54) is 57.8 Å². The molecule has 1 nitrogen and oxygen atoms in total. The summed E-state index contributed by atoms with van der Waals surface area (Å²) >= 11 is 0. The van der Waals surface area contributed by atoms with Crippen molar-refractivity contribution < 1.29 is 4.74 Å². The molecule has 16 heavy (non-hydrogen) atoms. The van der Waals surface area contributed by atoms with Crippen molar-refractivity contribution >= 4 is 0 Å². The van der Waals surface area contributed by atoms with Gasteiger partial charge in [0, 0.05) is 0 Å². The molecule has 2 aliphatic rings. The second-order valence-electron chi connectivity index (χ2n) is 5.37. The Bertz CT molecular complexity index is 242. The molecule has 1 heterocycles. The van der Waals surface area contributed by atoms with E-state index < -0.39 is 0 Å². The average molecular weight is 222 g/mol. The Hall–Kier alpha value is -0.300. The Kier molecular flexibility index (Phi) is 4.90. The first-order valence-corrected chi connectivity index (χ1v) is 7.20. The van der Waals surface area contributed by atoms with Crippen LogP contribution in [0.3, 0.4) is 0 Å². The summed E-state index contributed by atoms with van der Waals surface area (Å²) in [5.41, 5.74) is 3.47. The van der Waals surface area contributed by atoms with E-state index in [-0.39, 0.29) is 0 Å². The molecule has 92 valence electrons. The highest BCUT2D eigenvalue weighted by molar-refractivity contribution is 5.20. The summed E-state index contributed by atoms with van der Waals surface area (Å²) in [6.45, 7) is 4.24. The van der Waals surface area contributed by atoms with Crippen LogP contribution in [-0.2, 0) is 4.74 Å². The van der Waals surface area contributed by atoms with Crippen LogP contribution >= 0.6 is 0 Å². The van der Waals surface area contributed by atoms with Gasteiger partial charge in [0.1, 0.15) is 0 Å². The van der Waals surface area contributed by atoms with Gasteiger partial charge in [-0.05, 0) is 43.6 Å². The quantitative estimate of drug-likeness (QED) is 0.626. The topological polar surface area (TPSA) is 9.23 Å². The number of rotatable bonds is 2. The van der Waals surface area contributed by atoms with Crippen molar-refractivity contribution in [2.45, 2.75) is 64.7 Å². The molecule has 0 radical (unpaired) electrons. The smallest absolute Gasteiger partial charge is 0.0679 e. The molecule has 0 N–H and O–H groups in total. The molecule has 0 bridgehead atoms. The van der Waals surface area contributed by atoms with Gasteiger partial charge in [-0.25, -0.2) is 0 Å². The monoisotopic (exact) mass is 222 g/mol. The lowest BCUT2D eigenvalue weighted by molar-refractivity contribution is 0.138. The SMILES string of the molecule is CCCC1CCCCCCC2=C1CCOC2. The summed E-state index contributed by atoms with van der Waals surface area (Å²) in [6, 6.07) is 0. The Morgan fingerprint density at radius 2 is 2.00 bits per heavy atom. The van der Waals surface area contributed by atoms with Gasteiger partial charge < -0.3 is 4.74 Å². The van der Waals surface area contributed by atoms with E-state index in [0.29, 0.717) is 0 Å². The van der Waals surface area contributed by atoms with E-state index in [1.807, 2.05) is 0 Å². The molecule has 1 aliphatic heterocycles. The van der Waals surface area contributed by atoms with Gasteiger partial charge in [0.15, 0.2) is 0 Å². The molecule has 0 spiro atoms. The van der Waals surface area contributed by atoms with E-state index in [2.05, 4.69) is 6.92 Å². The normalized spacial score (nSPS) is 27.9. The van der Waals surface area contributed by atoms with Crippen LogP contribution in [0.25, 0.3) is 0 Å². The molecule has 1 aliphatic carbocycles. The zero-order valence-corrected chi connectivity index (χ0v) is 10.8. The first-order valence-electron chi connectivity index (χ1n) is 7.20. The maximum absolute atomic E-state index is 5.64. The maximum Gasteiger partial charge on any atom is 0.0679 e. The highest BCUT2D eigenvalue weighted by atomic mass is 16.5. The molecule has 0 saturated carbocycles. The second-order valence-corrected chi connectivity index (χ2v) is 5.37. The van der Waals surface area contributed by atoms with Gasteiger partial charge in [-0.3, -0.25) is 0 Å². The van der Waals surface area contributed by atoms with Gasteiger partial charge in [0.05, 0.1) is 13.2 Å². The first-order chi connectivity index (χ1) is 7.92. The summed E-state index contributed by atoms with van der Waals surface area (Å²) in [7, 11) is 0. The maximum atomic E-state index is 5.64. The van der Waals surface area contributed by atoms with Crippen molar-refractivity contribution in [3.05, 3.63) is 11.1 Å². The zero-order chi connectivity index (χ0) is 11.2. The summed E-state index contributed by atoms with van der Waals surface area (Å²) in [5, 5.41) is 0. The fourth-order valence-electron chi connectivity index (χ4n) is 3.30. The molecule has 2 rings (SSSR count). The molecule has 1 heteroatoms. The van der Waals surface area contributed by atoms with Crippen LogP contribution in [0.2, 0.25) is 0 Å². The highest BCUT2D eigenvalue weighted by Gasteiger charge is 2.21. The fourth-order valence-corrected chi connectivity index (χ4v) is 3.30. The third kappa shape index (κ3) is 3.10. The standard InChI is InChI=1S/C15H26O/c1-2-7-13-8-5-3-4-6-9-14-12-16-11-10-15(13)14/h13H,2-12H2,1H3. The van der Waals surface area contributed by atoms with Crippen molar-refractivity contribution in [3.63, 3.8) is 0 Å². The molecule has 0 aromatic rings. The molecular formula is C15H26O. The molecule has 0 fully saturated rings. The van der Waals surface area contributed by atoms with Crippen molar-refractivity contribution in [2.24, 2.45) is 5.92 Å². The second kappa shape index (κ2) is 6.44. The van der Waals surface area contributed by atoms with Crippen LogP contribution in [0.15, 0.2) is 11.1 Å². The van der Waals surface area contributed by atoms with E-state index >= 15 is 0 Å². The van der Waals surface area contributed by atoms with Crippen LogP contribution in [0.4, 0.5) is 0 Å². The summed E-state index contributed by atoms with van der Waals surface area (Å²) in [6.07, 6.45) is 12.4. The first kappa shape index (κ1) is 12.2. The molecule has 0 amide bonds. The van der Waals surface area contributed by atoms with Crippen LogP contribution in [-0.4, -0.2) is 13.2 Å². The largest absolute Gasteiger partial charge is 0.377 e. The highest BCUT2D eigenvalue weighted by Crippen LogP contribution is 2.34. The zero-order valence-electron chi connectivity index (χ0n) is 10.8. The predicted octanol–water partition coefficient (Wildman–Crippen LogP) is 4.47. The summed E-state index contributed by atoms with van der Waals surface area (Å²) < 4.78 is 5.64.